The number of hydrogen-bond donors (Lipinski definition) is 1. The highest BCUT2D eigenvalue weighted by atomic mass is 16.4. The smallest absolute Gasteiger partial charge is 0.329 e. The monoisotopic (exact) mass is 282 g/mol. The zero-order valence-corrected chi connectivity index (χ0v) is 12.8. The van der Waals surface area contributed by atoms with Gasteiger partial charge in [0.25, 0.3) is 0 Å². The molecule has 1 aliphatic heterocycles. The molecule has 1 heterocycles. The molecule has 5 nitrogen and oxygen atoms in total. The fraction of sp³-hybridized carbons (Fsp3) is 0.867. The van der Waals surface area contributed by atoms with E-state index >= 15 is 0 Å². The summed E-state index contributed by atoms with van der Waals surface area (Å²) in [5, 5.41) is 9.64. The number of amides is 2. The number of likely N-dealkylation sites (tertiary alicyclic amines) is 1. The second kappa shape index (κ2) is 5.62. The Hall–Kier alpha value is -1.26. The van der Waals surface area contributed by atoms with Gasteiger partial charge in [-0.05, 0) is 44.9 Å². The SMILES string of the molecule is CCCC1(C(=O)O)CCCN1C(=O)N(C)C(C)C1CC1. The van der Waals surface area contributed by atoms with Gasteiger partial charge in [-0.15, -0.1) is 0 Å². The fourth-order valence-corrected chi connectivity index (χ4v) is 3.42. The first-order chi connectivity index (χ1) is 9.44. The van der Waals surface area contributed by atoms with E-state index in [2.05, 4.69) is 6.92 Å². The van der Waals surface area contributed by atoms with Crippen LogP contribution >= 0.6 is 0 Å². The predicted molar refractivity (Wildman–Crippen MR) is 76.6 cm³/mol. The normalized spacial score (nSPS) is 27.4. The van der Waals surface area contributed by atoms with E-state index in [0.717, 1.165) is 12.8 Å². The summed E-state index contributed by atoms with van der Waals surface area (Å²) in [7, 11) is 1.81. The number of rotatable bonds is 5. The van der Waals surface area contributed by atoms with Crippen molar-refractivity contribution in [2.75, 3.05) is 13.6 Å². The van der Waals surface area contributed by atoms with Crippen LogP contribution < -0.4 is 0 Å². The van der Waals surface area contributed by atoms with Gasteiger partial charge in [-0.1, -0.05) is 13.3 Å². The minimum atomic E-state index is -0.983. The third kappa shape index (κ3) is 2.50. The van der Waals surface area contributed by atoms with Crippen LogP contribution in [0.15, 0.2) is 0 Å². The van der Waals surface area contributed by atoms with Crippen LogP contribution in [0, 0.1) is 5.92 Å². The Morgan fingerprint density at radius 1 is 1.45 bits per heavy atom. The molecule has 5 heteroatoms. The van der Waals surface area contributed by atoms with Gasteiger partial charge in [-0.2, -0.15) is 0 Å². The largest absolute Gasteiger partial charge is 0.479 e. The van der Waals surface area contributed by atoms with Gasteiger partial charge in [0.2, 0.25) is 0 Å². The Morgan fingerprint density at radius 2 is 2.10 bits per heavy atom. The summed E-state index contributed by atoms with van der Waals surface area (Å²) >= 11 is 0. The minimum Gasteiger partial charge on any atom is -0.479 e. The molecule has 0 aromatic rings. The third-order valence-corrected chi connectivity index (χ3v) is 5.00. The average Bonchev–Trinajstić information content (AvgIpc) is 3.17. The van der Waals surface area contributed by atoms with Crippen LogP contribution in [0.25, 0.3) is 0 Å². The summed E-state index contributed by atoms with van der Waals surface area (Å²) in [5.74, 6) is -0.255. The molecule has 2 atom stereocenters. The van der Waals surface area contributed by atoms with E-state index < -0.39 is 11.5 Å². The van der Waals surface area contributed by atoms with Crippen molar-refractivity contribution in [1.29, 1.82) is 0 Å². The molecule has 2 rings (SSSR count). The van der Waals surface area contributed by atoms with E-state index in [4.69, 9.17) is 0 Å². The zero-order valence-electron chi connectivity index (χ0n) is 12.8. The minimum absolute atomic E-state index is 0.113. The first-order valence-corrected chi connectivity index (χ1v) is 7.72. The van der Waals surface area contributed by atoms with Crippen LogP contribution in [-0.4, -0.2) is 52.1 Å². The molecule has 0 aromatic heterocycles. The van der Waals surface area contributed by atoms with Gasteiger partial charge in [-0.3, -0.25) is 0 Å². The van der Waals surface area contributed by atoms with Crippen molar-refractivity contribution in [1.82, 2.24) is 9.80 Å². The van der Waals surface area contributed by atoms with Gasteiger partial charge in [0.1, 0.15) is 5.54 Å². The van der Waals surface area contributed by atoms with E-state index in [1.54, 1.807) is 9.80 Å². The molecule has 2 fully saturated rings. The van der Waals surface area contributed by atoms with Crippen LogP contribution in [0.4, 0.5) is 4.79 Å². The number of carboxylic acid groups (broad SMARTS) is 1. The van der Waals surface area contributed by atoms with Crippen molar-refractivity contribution in [3.8, 4) is 0 Å². The molecule has 2 amide bonds. The quantitative estimate of drug-likeness (QED) is 0.843. The molecule has 1 aliphatic carbocycles. The van der Waals surface area contributed by atoms with Gasteiger partial charge in [-0.25, -0.2) is 9.59 Å². The standard InChI is InChI=1S/C15H26N2O3/c1-4-8-15(13(18)19)9-5-10-17(15)14(20)16(3)11(2)12-6-7-12/h11-12H,4-10H2,1-3H3,(H,18,19). The highest BCUT2D eigenvalue weighted by Gasteiger charge is 2.50. The second-order valence-electron chi connectivity index (χ2n) is 6.31. The maximum absolute atomic E-state index is 12.7. The molecular formula is C15H26N2O3. The highest BCUT2D eigenvalue weighted by molar-refractivity contribution is 5.87. The van der Waals surface area contributed by atoms with Crippen molar-refractivity contribution >= 4 is 12.0 Å². The Kier molecular flexibility index (Phi) is 4.25. The van der Waals surface area contributed by atoms with Crippen molar-refractivity contribution in [2.45, 2.75) is 64.0 Å². The molecule has 0 spiro atoms. The molecule has 1 N–H and O–H groups in total. The molecule has 2 aliphatic rings. The van der Waals surface area contributed by atoms with Crippen LogP contribution in [0.3, 0.4) is 0 Å². The first-order valence-electron chi connectivity index (χ1n) is 7.72. The van der Waals surface area contributed by atoms with Crippen LogP contribution in [-0.2, 0) is 4.79 Å². The molecule has 114 valence electrons. The average molecular weight is 282 g/mol. The van der Waals surface area contributed by atoms with Crippen molar-refractivity contribution in [3.05, 3.63) is 0 Å². The van der Waals surface area contributed by atoms with E-state index in [1.807, 2.05) is 14.0 Å². The van der Waals surface area contributed by atoms with E-state index in [1.165, 1.54) is 12.8 Å². The highest BCUT2D eigenvalue weighted by Crippen LogP contribution is 2.38. The fourth-order valence-electron chi connectivity index (χ4n) is 3.42. The van der Waals surface area contributed by atoms with Gasteiger partial charge in [0.05, 0.1) is 0 Å². The molecule has 1 saturated heterocycles. The number of nitrogens with zero attached hydrogens (tertiary/aromatic N) is 2. The molecule has 20 heavy (non-hydrogen) atoms. The number of carbonyl (C=O) groups excluding carboxylic acids is 1. The second-order valence-corrected chi connectivity index (χ2v) is 6.31. The molecule has 0 radical (unpaired) electrons. The number of hydrogen-bond acceptors (Lipinski definition) is 2. The molecule has 1 saturated carbocycles. The Bertz CT molecular complexity index is 395. The summed E-state index contributed by atoms with van der Waals surface area (Å²) in [4.78, 5) is 27.8. The summed E-state index contributed by atoms with van der Waals surface area (Å²) < 4.78 is 0. The lowest BCUT2D eigenvalue weighted by atomic mass is 9.91. The molecular weight excluding hydrogens is 256 g/mol. The number of carboxylic acids is 1. The summed E-state index contributed by atoms with van der Waals surface area (Å²) in [5.41, 5.74) is -0.983. The lowest BCUT2D eigenvalue weighted by Gasteiger charge is -2.38. The molecule has 2 unspecified atom stereocenters. The van der Waals surface area contributed by atoms with Crippen LogP contribution in [0.5, 0.6) is 0 Å². The zero-order chi connectivity index (χ0) is 14.9. The van der Waals surface area contributed by atoms with Gasteiger partial charge in [0.15, 0.2) is 0 Å². The van der Waals surface area contributed by atoms with Gasteiger partial charge < -0.3 is 14.9 Å². The van der Waals surface area contributed by atoms with Crippen molar-refractivity contribution in [2.24, 2.45) is 5.92 Å². The van der Waals surface area contributed by atoms with Crippen molar-refractivity contribution < 1.29 is 14.7 Å². The van der Waals surface area contributed by atoms with E-state index in [0.29, 0.717) is 25.3 Å². The third-order valence-electron chi connectivity index (χ3n) is 5.00. The van der Waals surface area contributed by atoms with Crippen LogP contribution in [0.2, 0.25) is 0 Å². The topological polar surface area (TPSA) is 60.9 Å². The van der Waals surface area contributed by atoms with Gasteiger partial charge in [0, 0.05) is 19.6 Å². The summed E-state index contributed by atoms with van der Waals surface area (Å²) in [6.45, 7) is 4.60. The maximum atomic E-state index is 12.7. The first kappa shape index (κ1) is 15.1. The van der Waals surface area contributed by atoms with E-state index in [-0.39, 0.29) is 12.1 Å². The van der Waals surface area contributed by atoms with E-state index in [9.17, 15) is 14.7 Å². The Morgan fingerprint density at radius 3 is 2.60 bits per heavy atom. The molecule has 0 bridgehead atoms. The number of aliphatic carboxylic acids is 1. The summed E-state index contributed by atoms with van der Waals surface area (Å²) in [6, 6.07) is 0.0916. The number of carbonyl (C=O) groups is 2. The predicted octanol–water partition coefficient (Wildman–Crippen LogP) is 2.56. The maximum Gasteiger partial charge on any atom is 0.329 e. The summed E-state index contributed by atoms with van der Waals surface area (Å²) in [6.07, 6.45) is 5.03. The van der Waals surface area contributed by atoms with Gasteiger partial charge >= 0.3 is 12.0 Å². The Balaban J connectivity index is 2.16. The lowest BCUT2D eigenvalue weighted by molar-refractivity contribution is -0.148. The molecule has 0 aromatic carbocycles. The Labute approximate surface area is 120 Å². The number of urea groups is 1. The lowest BCUT2D eigenvalue weighted by Crippen LogP contribution is -2.57. The van der Waals surface area contributed by atoms with Crippen molar-refractivity contribution in [3.63, 3.8) is 0 Å². The van der Waals surface area contributed by atoms with Crippen LogP contribution in [0.1, 0.15) is 52.4 Å².